The number of carboxylic acid groups (broad SMARTS) is 2. The molecule has 6 nitrogen and oxygen atoms in total. The minimum Gasteiger partial charge on any atom is -0.480 e. The van der Waals surface area contributed by atoms with Crippen molar-refractivity contribution in [2.24, 2.45) is 0 Å². The van der Waals surface area contributed by atoms with Crippen molar-refractivity contribution in [1.82, 2.24) is 4.90 Å². The molecule has 1 atom stereocenters. The van der Waals surface area contributed by atoms with E-state index >= 15 is 0 Å². The average molecular weight is 191 g/mol. The molecule has 6 heteroatoms. The smallest absolute Gasteiger partial charge is 0.317 e. The Bertz CT molecular complexity index is 177. The summed E-state index contributed by atoms with van der Waals surface area (Å²) in [6.07, 6.45) is 0. The second-order valence-electron chi connectivity index (χ2n) is 2.72. The Labute approximate surface area is 75.4 Å². The Morgan fingerprint density at radius 1 is 1.23 bits per heavy atom. The Morgan fingerprint density at radius 3 is 1.85 bits per heavy atom. The molecule has 0 heterocycles. The summed E-state index contributed by atoms with van der Waals surface area (Å²) in [5.74, 6) is -2.22. The van der Waals surface area contributed by atoms with Gasteiger partial charge in [0.05, 0.1) is 19.7 Å². The molecule has 0 fully saturated rings. The summed E-state index contributed by atoms with van der Waals surface area (Å²) in [5.41, 5.74) is 0. The van der Waals surface area contributed by atoms with Gasteiger partial charge in [-0.25, -0.2) is 0 Å². The molecule has 0 aliphatic rings. The van der Waals surface area contributed by atoms with Crippen LogP contribution in [-0.2, 0) is 9.59 Å². The third-order valence-electron chi connectivity index (χ3n) is 1.56. The fourth-order valence-corrected chi connectivity index (χ4v) is 0.831. The van der Waals surface area contributed by atoms with Gasteiger partial charge in [0, 0.05) is 6.04 Å². The van der Waals surface area contributed by atoms with Gasteiger partial charge in [-0.3, -0.25) is 14.5 Å². The monoisotopic (exact) mass is 191 g/mol. The van der Waals surface area contributed by atoms with Gasteiger partial charge in [0.15, 0.2) is 0 Å². The number of rotatable bonds is 6. The fraction of sp³-hybridized carbons (Fsp3) is 0.714. The number of aliphatic hydroxyl groups excluding tert-OH is 1. The van der Waals surface area contributed by atoms with Gasteiger partial charge >= 0.3 is 11.9 Å². The summed E-state index contributed by atoms with van der Waals surface area (Å²) in [6, 6.07) is -0.466. The molecule has 0 unspecified atom stereocenters. The average Bonchev–Trinajstić information content (AvgIpc) is 2.00. The van der Waals surface area contributed by atoms with Gasteiger partial charge in [-0.2, -0.15) is 0 Å². The maximum atomic E-state index is 10.3. The quantitative estimate of drug-likeness (QED) is 0.489. The van der Waals surface area contributed by atoms with E-state index in [2.05, 4.69) is 0 Å². The van der Waals surface area contributed by atoms with Crippen molar-refractivity contribution in [1.29, 1.82) is 0 Å². The lowest BCUT2D eigenvalue weighted by atomic mass is 10.3. The van der Waals surface area contributed by atoms with Crippen molar-refractivity contribution in [3.63, 3.8) is 0 Å². The van der Waals surface area contributed by atoms with Crippen LogP contribution in [-0.4, -0.2) is 57.9 Å². The van der Waals surface area contributed by atoms with Gasteiger partial charge in [0.25, 0.3) is 0 Å². The molecule has 13 heavy (non-hydrogen) atoms. The van der Waals surface area contributed by atoms with Crippen LogP contribution < -0.4 is 0 Å². The minimum absolute atomic E-state index is 0.263. The third-order valence-corrected chi connectivity index (χ3v) is 1.56. The lowest BCUT2D eigenvalue weighted by Gasteiger charge is -2.23. The molecule has 0 saturated carbocycles. The van der Waals surface area contributed by atoms with Crippen LogP contribution in [0.2, 0.25) is 0 Å². The SMILES string of the molecule is C[C@@H](CO)N(CC(=O)O)CC(=O)O. The second kappa shape index (κ2) is 5.50. The molecule has 0 amide bonds. The number of aliphatic hydroxyl groups is 1. The van der Waals surface area contributed by atoms with Gasteiger partial charge in [-0.1, -0.05) is 0 Å². The molecule has 0 aromatic rings. The molecule has 0 rings (SSSR count). The van der Waals surface area contributed by atoms with Gasteiger partial charge in [0.2, 0.25) is 0 Å². The summed E-state index contributed by atoms with van der Waals surface area (Å²) >= 11 is 0. The summed E-state index contributed by atoms with van der Waals surface area (Å²) in [4.78, 5) is 21.8. The van der Waals surface area contributed by atoms with Crippen molar-refractivity contribution in [3.05, 3.63) is 0 Å². The minimum atomic E-state index is -1.11. The van der Waals surface area contributed by atoms with Crippen LogP contribution in [0.25, 0.3) is 0 Å². The molecule has 0 aromatic carbocycles. The Hall–Kier alpha value is -1.14. The molecular weight excluding hydrogens is 178 g/mol. The van der Waals surface area contributed by atoms with E-state index in [4.69, 9.17) is 15.3 Å². The lowest BCUT2D eigenvalue weighted by molar-refractivity contribution is -0.143. The standard InChI is InChI=1S/C7H13NO5/c1-5(4-9)8(2-6(10)11)3-7(12)13/h5,9H,2-4H2,1H3,(H,10,11)(H,12,13)/t5-/m0/s1. The first-order valence-corrected chi connectivity index (χ1v) is 3.76. The molecular formula is C7H13NO5. The highest BCUT2D eigenvalue weighted by molar-refractivity contribution is 5.72. The zero-order chi connectivity index (χ0) is 10.4. The summed E-state index contributed by atoms with van der Waals surface area (Å²) in [5, 5.41) is 25.6. The number of hydrogen-bond acceptors (Lipinski definition) is 4. The molecule has 0 saturated heterocycles. The maximum Gasteiger partial charge on any atom is 0.317 e. The molecule has 0 aromatic heterocycles. The highest BCUT2D eigenvalue weighted by Gasteiger charge is 2.18. The Kier molecular flexibility index (Phi) is 5.01. The van der Waals surface area contributed by atoms with E-state index in [1.807, 2.05) is 0 Å². The number of nitrogens with zero attached hydrogens (tertiary/aromatic N) is 1. The van der Waals surface area contributed by atoms with E-state index in [-0.39, 0.29) is 19.7 Å². The molecule has 0 aliphatic heterocycles. The zero-order valence-corrected chi connectivity index (χ0v) is 7.30. The van der Waals surface area contributed by atoms with Crippen molar-refractivity contribution < 1.29 is 24.9 Å². The predicted molar refractivity (Wildman–Crippen MR) is 43.4 cm³/mol. The highest BCUT2D eigenvalue weighted by Crippen LogP contribution is 1.97. The van der Waals surface area contributed by atoms with Crippen molar-refractivity contribution in [2.75, 3.05) is 19.7 Å². The first-order chi connectivity index (χ1) is 5.97. The predicted octanol–water partition coefficient (Wildman–Crippen LogP) is -1.16. The van der Waals surface area contributed by atoms with E-state index in [0.29, 0.717) is 0 Å². The molecule has 0 radical (unpaired) electrons. The normalized spacial score (nSPS) is 12.8. The highest BCUT2D eigenvalue weighted by atomic mass is 16.4. The van der Waals surface area contributed by atoms with Gasteiger partial charge < -0.3 is 15.3 Å². The van der Waals surface area contributed by atoms with E-state index in [9.17, 15) is 9.59 Å². The Morgan fingerprint density at radius 2 is 1.62 bits per heavy atom. The first-order valence-electron chi connectivity index (χ1n) is 3.76. The zero-order valence-electron chi connectivity index (χ0n) is 7.30. The summed E-state index contributed by atoms with van der Waals surface area (Å²) in [7, 11) is 0. The fourth-order valence-electron chi connectivity index (χ4n) is 0.831. The largest absolute Gasteiger partial charge is 0.480 e. The molecule has 3 N–H and O–H groups in total. The van der Waals surface area contributed by atoms with E-state index < -0.39 is 18.0 Å². The molecule has 0 spiro atoms. The number of aliphatic carboxylic acids is 2. The lowest BCUT2D eigenvalue weighted by Crippen LogP contribution is -2.42. The molecule has 0 bridgehead atoms. The van der Waals surface area contributed by atoms with E-state index in [1.165, 1.54) is 4.90 Å². The van der Waals surface area contributed by atoms with Crippen molar-refractivity contribution >= 4 is 11.9 Å². The molecule has 76 valence electrons. The van der Waals surface area contributed by atoms with Crippen LogP contribution in [0.15, 0.2) is 0 Å². The number of carbonyl (C=O) groups is 2. The van der Waals surface area contributed by atoms with Crippen LogP contribution in [0.5, 0.6) is 0 Å². The van der Waals surface area contributed by atoms with E-state index in [0.717, 1.165) is 0 Å². The number of hydrogen-bond donors (Lipinski definition) is 3. The topological polar surface area (TPSA) is 98.1 Å². The van der Waals surface area contributed by atoms with E-state index in [1.54, 1.807) is 6.92 Å². The van der Waals surface area contributed by atoms with Crippen LogP contribution >= 0.6 is 0 Å². The first kappa shape index (κ1) is 11.9. The van der Waals surface area contributed by atoms with Gasteiger partial charge in [0.1, 0.15) is 0 Å². The van der Waals surface area contributed by atoms with Crippen molar-refractivity contribution in [3.8, 4) is 0 Å². The van der Waals surface area contributed by atoms with Crippen LogP contribution in [0, 0.1) is 0 Å². The Balaban J connectivity index is 4.17. The van der Waals surface area contributed by atoms with Gasteiger partial charge in [-0.15, -0.1) is 0 Å². The maximum absolute atomic E-state index is 10.3. The summed E-state index contributed by atoms with van der Waals surface area (Å²) < 4.78 is 0. The van der Waals surface area contributed by atoms with Gasteiger partial charge in [-0.05, 0) is 6.92 Å². The van der Waals surface area contributed by atoms with Crippen LogP contribution in [0.4, 0.5) is 0 Å². The van der Waals surface area contributed by atoms with Crippen LogP contribution in [0.3, 0.4) is 0 Å². The summed E-state index contributed by atoms with van der Waals surface area (Å²) in [6.45, 7) is 0.536. The number of carboxylic acids is 2. The van der Waals surface area contributed by atoms with Crippen molar-refractivity contribution in [2.45, 2.75) is 13.0 Å². The second-order valence-corrected chi connectivity index (χ2v) is 2.72. The third kappa shape index (κ3) is 5.15. The van der Waals surface area contributed by atoms with Crippen LogP contribution in [0.1, 0.15) is 6.92 Å². The molecule has 0 aliphatic carbocycles.